The Bertz CT molecular complexity index is 484. The van der Waals surface area contributed by atoms with Gasteiger partial charge in [-0.15, -0.1) is 0 Å². The van der Waals surface area contributed by atoms with E-state index in [1.54, 1.807) is 13.0 Å². The largest absolute Gasteiger partial charge is 0.488 e. The van der Waals surface area contributed by atoms with Crippen LogP contribution >= 0.6 is 0 Å². The summed E-state index contributed by atoms with van der Waals surface area (Å²) in [5, 5.41) is 18.2. The molecule has 7 heteroatoms. The van der Waals surface area contributed by atoms with Crippen molar-refractivity contribution < 1.29 is 18.5 Å². The minimum atomic E-state index is -3.54. The first-order chi connectivity index (χ1) is 7.26. The van der Waals surface area contributed by atoms with Gasteiger partial charge in [0.15, 0.2) is 0 Å². The summed E-state index contributed by atoms with van der Waals surface area (Å²) in [6.45, 7) is 1.68. The van der Waals surface area contributed by atoms with E-state index in [2.05, 4.69) is 0 Å². The van der Waals surface area contributed by atoms with Gasteiger partial charge in [0.2, 0.25) is 10.0 Å². The van der Waals surface area contributed by atoms with Crippen LogP contribution in [-0.2, 0) is 10.0 Å². The van der Waals surface area contributed by atoms with Crippen LogP contribution < -0.4 is 5.46 Å². The standard InChI is InChI=1S/C9H14BNO4S/c1-7-4-5-8(6-9(7)10(12)13)16(14,15)11(2)3/h4-6,12-13H,1-3H3. The van der Waals surface area contributed by atoms with Gasteiger partial charge in [-0.3, -0.25) is 0 Å². The van der Waals surface area contributed by atoms with E-state index >= 15 is 0 Å². The Kier molecular flexibility index (Phi) is 3.74. The monoisotopic (exact) mass is 243 g/mol. The molecule has 0 spiro atoms. The number of hydrogen-bond acceptors (Lipinski definition) is 4. The summed E-state index contributed by atoms with van der Waals surface area (Å²) >= 11 is 0. The second kappa shape index (κ2) is 4.54. The van der Waals surface area contributed by atoms with Crippen molar-refractivity contribution in [3.8, 4) is 0 Å². The quantitative estimate of drug-likeness (QED) is 0.662. The lowest BCUT2D eigenvalue weighted by Gasteiger charge is -2.13. The highest BCUT2D eigenvalue weighted by Crippen LogP contribution is 2.12. The van der Waals surface area contributed by atoms with Crippen LogP contribution in [0.1, 0.15) is 5.56 Å². The fourth-order valence-corrected chi connectivity index (χ4v) is 2.21. The molecule has 0 aliphatic rings. The second-order valence-electron chi connectivity index (χ2n) is 3.68. The Morgan fingerprint density at radius 2 is 1.81 bits per heavy atom. The van der Waals surface area contributed by atoms with Crippen LogP contribution in [0.3, 0.4) is 0 Å². The third-order valence-corrected chi connectivity index (χ3v) is 4.12. The van der Waals surface area contributed by atoms with E-state index < -0.39 is 17.1 Å². The van der Waals surface area contributed by atoms with Gasteiger partial charge in [0.05, 0.1) is 4.90 Å². The Morgan fingerprint density at radius 3 is 2.25 bits per heavy atom. The molecule has 2 N–H and O–H groups in total. The zero-order valence-electron chi connectivity index (χ0n) is 9.38. The summed E-state index contributed by atoms with van der Waals surface area (Å²) in [4.78, 5) is 0.0474. The van der Waals surface area contributed by atoms with Gasteiger partial charge in [-0.1, -0.05) is 11.6 Å². The molecule has 5 nitrogen and oxygen atoms in total. The Labute approximate surface area is 95.5 Å². The summed E-state index contributed by atoms with van der Waals surface area (Å²) in [5.74, 6) is 0. The van der Waals surface area contributed by atoms with E-state index in [0.29, 0.717) is 5.56 Å². The predicted molar refractivity (Wildman–Crippen MR) is 61.9 cm³/mol. The van der Waals surface area contributed by atoms with E-state index in [1.807, 2.05) is 0 Å². The van der Waals surface area contributed by atoms with Gasteiger partial charge in [0.25, 0.3) is 0 Å². The average molecular weight is 243 g/mol. The summed E-state index contributed by atoms with van der Waals surface area (Å²) in [6, 6.07) is 4.26. The number of benzene rings is 1. The van der Waals surface area contributed by atoms with Crippen LogP contribution in [-0.4, -0.2) is 44.0 Å². The van der Waals surface area contributed by atoms with Crippen molar-refractivity contribution in [3.05, 3.63) is 23.8 Å². The van der Waals surface area contributed by atoms with E-state index in [9.17, 15) is 8.42 Å². The van der Waals surface area contributed by atoms with Crippen molar-refractivity contribution in [2.45, 2.75) is 11.8 Å². The van der Waals surface area contributed by atoms with Crippen LogP contribution in [0.25, 0.3) is 0 Å². The molecule has 0 aromatic heterocycles. The zero-order valence-corrected chi connectivity index (χ0v) is 10.2. The van der Waals surface area contributed by atoms with Crippen LogP contribution in [0.15, 0.2) is 23.1 Å². The Balaban J connectivity index is 3.34. The first kappa shape index (κ1) is 13.2. The maximum absolute atomic E-state index is 11.8. The normalized spacial score (nSPS) is 11.9. The summed E-state index contributed by atoms with van der Waals surface area (Å²) in [5.41, 5.74) is 0.829. The molecule has 1 rings (SSSR count). The van der Waals surface area contributed by atoms with Crippen LogP contribution in [0, 0.1) is 6.92 Å². The number of nitrogens with zero attached hydrogens (tertiary/aromatic N) is 1. The molecule has 0 heterocycles. The van der Waals surface area contributed by atoms with Gasteiger partial charge in [0, 0.05) is 14.1 Å². The minimum Gasteiger partial charge on any atom is -0.423 e. The molecule has 0 atom stereocenters. The van der Waals surface area contributed by atoms with Crippen molar-refractivity contribution in [1.82, 2.24) is 4.31 Å². The first-order valence-corrected chi connectivity index (χ1v) is 6.10. The Morgan fingerprint density at radius 1 is 1.25 bits per heavy atom. The first-order valence-electron chi connectivity index (χ1n) is 4.66. The van der Waals surface area contributed by atoms with Crippen molar-refractivity contribution >= 4 is 22.6 Å². The summed E-state index contributed by atoms with van der Waals surface area (Å²) in [6.07, 6.45) is 0. The third kappa shape index (κ3) is 2.44. The highest BCUT2D eigenvalue weighted by atomic mass is 32.2. The molecule has 0 bridgehead atoms. The second-order valence-corrected chi connectivity index (χ2v) is 5.83. The minimum absolute atomic E-state index is 0.0474. The highest BCUT2D eigenvalue weighted by molar-refractivity contribution is 7.89. The molecule has 1 aromatic carbocycles. The lowest BCUT2D eigenvalue weighted by molar-refractivity contribution is 0.425. The molecular weight excluding hydrogens is 229 g/mol. The number of hydrogen-bond donors (Lipinski definition) is 2. The molecule has 0 unspecified atom stereocenters. The zero-order chi connectivity index (χ0) is 12.5. The van der Waals surface area contributed by atoms with Gasteiger partial charge in [-0.25, -0.2) is 12.7 Å². The van der Waals surface area contributed by atoms with Gasteiger partial charge in [-0.05, 0) is 24.5 Å². The molecule has 0 fully saturated rings. The molecule has 0 radical (unpaired) electrons. The number of aryl methyl sites for hydroxylation is 1. The molecule has 16 heavy (non-hydrogen) atoms. The van der Waals surface area contributed by atoms with Crippen molar-refractivity contribution in [3.63, 3.8) is 0 Å². The fraction of sp³-hybridized carbons (Fsp3) is 0.333. The molecule has 0 aliphatic carbocycles. The van der Waals surface area contributed by atoms with Gasteiger partial charge >= 0.3 is 7.12 Å². The van der Waals surface area contributed by atoms with Crippen LogP contribution in [0.2, 0.25) is 0 Å². The van der Waals surface area contributed by atoms with Crippen molar-refractivity contribution in [1.29, 1.82) is 0 Å². The van der Waals surface area contributed by atoms with E-state index in [1.165, 1.54) is 26.2 Å². The average Bonchev–Trinajstić information content (AvgIpc) is 2.17. The lowest BCUT2D eigenvalue weighted by atomic mass is 9.77. The van der Waals surface area contributed by atoms with Crippen LogP contribution in [0.4, 0.5) is 0 Å². The third-order valence-electron chi connectivity index (χ3n) is 2.31. The molecule has 0 saturated carbocycles. The molecule has 88 valence electrons. The lowest BCUT2D eigenvalue weighted by Crippen LogP contribution is -2.33. The summed E-state index contributed by atoms with van der Waals surface area (Å²) < 4.78 is 24.6. The molecular formula is C9H14BNO4S. The van der Waals surface area contributed by atoms with E-state index in [0.717, 1.165) is 4.31 Å². The van der Waals surface area contributed by atoms with Crippen molar-refractivity contribution in [2.75, 3.05) is 14.1 Å². The molecule has 1 aromatic rings. The van der Waals surface area contributed by atoms with Gasteiger partial charge in [-0.2, -0.15) is 0 Å². The molecule has 0 saturated heterocycles. The van der Waals surface area contributed by atoms with Crippen molar-refractivity contribution in [2.24, 2.45) is 0 Å². The maximum Gasteiger partial charge on any atom is 0.488 e. The molecule has 0 aliphatic heterocycles. The topological polar surface area (TPSA) is 77.8 Å². The maximum atomic E-state index is 11.8. The van der Waals surface area contributed by atoms with Crippen LogP contribution in [0.5, 0.6) is 0 Å². The van der Waals surface area contributed by atoms with Gasteiger partial charge < -0.3 is 10.0 Å². The van der Waals surface area contributed by atoms with E-state index in [-0.39, 0.29) is 10.4 Å². The van der Waals surface area contributed by atoms with Gasteiger partial charge in [0.1, 0.15) is 0 Å². The van der Waals surface area contributed by atoms with E-state index in [4.69, 9.17) is 10.0 Å². The fourth-order valence-electron chi connectivity index (χ4n) is 1.27. The highest BCUT2D eigenvalue weighted by Gasteiger charge is 2.21. The molecule has 0 amide bonds. The Hall–Kier alpha value is -0.885. The SMILES string of the molecule is Cc1ccc(S(=O)(=O)N(C)C)cc1B(O)O. The smallest absolute Gasteiger partial charge is 0.423 e. The number of rotatable bonds is 3. The summed E-state index contributed by atoms with van der Waals surface area (Å²) in [7, 11) is -2.37. The predicted octanol–water partition coefficient (Wildman–Crippen LogP) is -1.07. The number of sulfonamides is 1.